The van der Waals surface area contributed by atoms with Gasteiger partial charge >= 0.3 is 0 Å². The Morgan fingerprint density at radius 1 is 0.828 bits per heavy atom. The predicted octanol–water partition coefficient (Wildman–Crippen LogP) is 6.44. The first-order valence-corrected chi connectivity index (χ1v) is 13.1. The summed E-state index contributed by atoms with van der Waals surface area (Å²) in [5.41, 5.74) is 1.08. The average Bonchev–Trinajstić information content (AvgIpc) is 3.07. The lowest BCUT2D eigenvalue weighted by molar-refractivity contribution is -0.118. The molecule has 2 N–H and O–H groups in total. The molecule has 0 saturated heterocycles. The second-order valence-electron chi connectivity index (χ2n) is 12.4. The molecule has 10 atom stereocenters. The average molecular weight is 405 g/mol. The molecule has 4 aliphatic carbocycles. The van der Waals surface area contributed by atoms with Gasteiger partial charge in [0.2, 0.25) is 0 Å². The summed E-state index contributed by atoms with van der Waals surface area (Å²) in [5, 5.41) is 20.3. The lowest BCUT2D eigenvalue weighted by atomic mass is 9.44. The minimum absolute atomic E-state index is 0.200. The van der Waals surface area contributed by atoms with Gasteiger partial charge in [0.25, 0.3) is 0 Å². The molecule has 2 heteroatoms. The first kappa shape index (κ1) is 22.1. The van der Waals surface area contributed by atoms with Crippen molar-refractivity contribution in [3.05, 3.63) is 0 Å². The van der Waals surface area contributed by atoms with E-state index in [0.29, 0.717) is 28.6 Å². The van der Waals surface area contributed by atoms with Crippen molar-refractivity contribution in [3.63, 3.8) is 0 Å². The van der Waals surface area contributed by atoms with E-state index >= 15 is 0 Å². The Bertz CT molecular complexity index is 561. The van der Waals surface area contributed by atoms with Crippen LogP contribution < -0.4 is 0 Å². The van der Waals surface area contributed by atoms with E-state index < -0.39 is 0 Å². The highest BCUT2D eigenvalue weighted by Crippen LogP contribution is 2.68. The molecule has 0 radical (unpaired) electrons. The fourth-order valence-corrected chi connectivity index (χ4v) is 9.28. The fourth-order valence-electron chi connectivity index (χ4n) is 9.28. The standard InChI is InChI=1S/C27H48O2/c1-18(17-28)8-13-25(29)19(2)22-11-12-23-21-10-9-20-7-5-6-15-26(20,3)24(21)14-16-27(22,23)4/h18-25,28-29H,5-17H2,1-4H3/t18?,19-,20?,21-,22+,23-,24-,25-,26-,27+/m0/s1. The maximum atomic E-state index is 11.0. The zero-order chi connectivity index (χ0) is 20.8. The van der Waals surface area contributed by atoms with Crippen molar-refractivity contribution >= 4 is 0 Å². The van der Waals surface area contributed by atoms with Crippen molar-refractivity contribution in [2.45, 2.75) is 111 Å². The second-order valence-corrected chi connectivity index (χ2v) is 12.4. The molecule has 2 nitrogen and oxygen atoms in total. The molecule has 4 saturated carbocycles. The molecular weight excluding hydrogens is 356 g/mol. The van der Waals surface area contributed by atoms with Gasteiger partial charge in [-0.05, 0) is 116 Å². The van der Waals surface area contributed by atoms with Gasteiger partial charge < -0.3 is 10.2 Å². The zero-order valence-electron chi connectivity index (χ0n) is 19.7. The highest BCUT2D eigenvalue weighted by atomic mass is 16.3. The molecule has 0 aromatic rings. The third-order valence-electron chi connectivity index (χ3n) is 11.2. The Balaban J connectivity index is 1.46. The molecule has 0 aromatic heterocycles. The van der Waals surface area contributed by atoms with E-state index in [1.165, 1.54) is 64.2 Å². The molecule has 0 amide bonds. The highest BCUT2D eigenvalue weighted by molar-refractivity contribution is 5.09. The van der Waals surface area contributed by atoms with Crippen LogP contribution in [0.1, 0.15) is 105 Å². The van der Waals surface area contributed by atoms with Crippen molar-refractivity contribution in [3.8, 4) is 0 Å². The van der Waals surface area contributed by atoms with Crippen LogP contribution in [0.4, 0.5) is 0 Å². The van der Waals surface area contributed by atoms with Crippen LogP contribution in [-0.4, -0.2) is 22.9 Å². The molecule has 0 aromatic carbocycles. The van der Waals surface area contributed by atoms with Crippen molar-refractivity contribution in [2.24, 2.45) is 52.3 Å². The predicted molar refractivity (Wildman–Crippen MR) is 120 cm³/mol. The molecule has 4 aliphatic rings. The van der Waals surface area contributed by atoms with E-state index in [2.05, 4.69) is 27.7 Å². The second kappa shape index (κ2) is 8.45. The van der Waals surface area contributed by atoms with Crippen LogP contribution in [0.3, 0.4) is 0 Å². The van der Waals surface area contributed by atoms with Crippen LogP contribution in [0.5, 0.6) is 0 Å². The number of hydrogen-bond acceptors (Lipinski definition) is 2. The van der Waals surface area contributed by atoms with Gasteiger partial charge in [0.1, 0.15) is 0 Å². The van der Waals surface area contributed by atoms with E-state index in [-0.39, 0.29) is 12.7 Å². The van der Waals surface area contributed by atoms with E-state index in [9.17, 15) is 10.2 Å². The molecule has 0 heterocycles. The zero-order valence-corrected chi connectivity index (χ0v) is 19.7. The SMILES string of the molecule is CC(CO)CC[C@H](O)[C@@H](C)[C@H]1CC[C@H]2[C@@H]3CCC4CCCC[C@]4(C)[C@H]3CC[C@]12C. The summed E-state index contributed by atoms with van der Waals surface area (Å²) >= 11 is 0. The summed E-state index contributed by atoms with van der Waals surface area (Å²) in [5.74, 6) is 5.23. The molecule has 0 bridgehead atoms. The summed E-state index contributed by atoms with van der Waals surface area (Å²) in [4.78, 5) is 0. The number of rotatable bonds is 6. The van der Waals surface area contributed by atoms with E-state index in [1.807, 2.05) is 0 Å². The topological polar surface area (TPSA) is 40.5 Å². The van der Waals surface area contributed by atoms with Gasteiger partial charge in [-0.1, -0.05) is 40.5 Å². The van der Waals surface area contributed by atoms with Gasteiger partial charge in [-0.3, -0.25) is 0 Å². The van der Waals surface area contributed by atoms with Crippen LogP contribution in [0, 0.1) is 52.3 Å². The van der Waals surface area contributed by atoms with Crippen molar-refractivity contribution in [1.82, 2.24) is 0 Å². The maximum Gasteiger partial charge on any atom is 0.0568 e. The van der Waals surface area contributed by atoms with Crippen molar-refractivity contribution in [1.29, 1.82) is 0 Å². The van der Waals surface area contributed by atoms with Crippen LogP contribution >= 0.6 is 0 Å². The summed E-state index contributed by atoms with van der Waals surface area (Å²) < 4.78 is 0. The van der Waals surface area contributed by atoms with Crippen LogP contribution in [-0.2, 0) is 0 Å². The molecule has 0 aliphatic heterocycles. The lowest BCUT2D eigenvalue weighted by Crippen LogP contribution is -2.53. The first-order valence-electron chi connectivity index (χ1n) is 13.1. The quantitative estimate of drug-likeness (QED) is 0.534. The summed E-state index contributed by atoms with van der Waals surface area (Å²) in [6, 6.07) is 0. The van der Waals surface area contributed by atoms with Crippen LogP contribution in [0.2, 0.25) is 0 Å². The lowest BCUT2D eigenvalue weighted by Gasteiger charge is -2.61. The number of aliphatic hydroxyl groups excluding tert-OH is 2. The maximum absolute atomic E-state index is 11.0. The summed E-state index contributed by atoms with van der Waals surface area (Å²) in [7, 11) is 0. The van der Waals surface area contributed by atoms with E-state index in [0.717, 1.165) is 36.5 Å². The molecule has 29 heavy (non-hydrogen) atoms. The monoisotopic (exact) mass is 404 g/mol. The highest BCUT2D eigenvalue weighted by Gasteiger charge is 2.60. The third-order valence-corrected chi connectivity index (χ3v) is 11.2. The van der Waals surface area contributed by atoms with Crippen LogP contribution in [0.15, 0.2) is 0 Å². The molecule has 168 valence electrons. The third kappa shape index (κ3) is 3.73. The normalized spacial score (nSPS) is 47.6. The minimum atomic E-state index is -0.200. The van der Waals surface area contributed by atoms with Crippen LogP contribution in [0.25, 0.3) is 0 Å². The van der Waals surface area contributed by atoms with Gasteiger partial charge in [-0.15, -0.1) is 0 Å². The van der Waals surface area contributed by atoms with Gasteiger partial charge in [-0.2, -0.15) is 0 Å². The molecule has 0 spiro atoms. The summed E-state index contributed by atoms with van der Waals surface area (Å²) in [6.07, 6.45) is 16.1. The summed E-state index contributed by atoms with van der Waals surface area (Å²) in [6.45, 7) is 9.96. The van der Waals surface area contributed by atoms with E-state index in [1.54, 1.807) is 0 Å². The van der Waals surface area contributed by atoms with Crippen molar-refractivity contribution in [2.75, 3.05) is 6.61 Å². The Kier molecular flexibility index (Phi) is 6.45. The Labute approximate surface area is 180 Å². The fraction of sp³-hybridized carbons (Fsp3) is 1.00. The molecule has 4 rings (SSSR count). The van der Waals surface area contributed by atoms with Gasteiger partial charge in [0.15, 0.2) is 0 Å². The molecular formula is C27H48O2. The number of fused-ring (bicyclic) bond motifs is 5. The largest absolute Gasteiger partial charge is 0.396 e. The van der Waals surface area contributed by atoms with Gasteiger partial charge in [0.05, 0.1) is 6.10 Å². The number of aliphatic hydroxyl groups is 2. The smallest absolute Gasteiger partial charge is 0.0568 e. The number of hydrogen-bond donors (Lipinski definition) is 2. The Hall–Kier alpha value is -0.0800. The molecule has 4 fully saturated rings. The minimum Gasteiger partial charge on any atom is -0.396 e. The first-order chi connectivity index (χ1) is 13.8. The van der Waals surface area contributed by atoms with Gasteiger partial charge in [0, 0.05) is 6.61 Å². The molecule has 2 unspecified atom stereocenters. The van der Waals surface area contributed by atoms with Gasteiger partial charge in [-0.25, -0.2) is 0 Å². The van der Waals surface area contributed by atoms with Crippen molar-refractivity contribution < 1.29 is 10.2 Å². The van der Waals surface area contributed by atoms with E-state index in [4.69, 9.17) is 0 Å². The Morgan fingerprint density at radius 2 is 1.59 bits per heavy atom. The Morgan fingerprint density at radius 3 is 2.34 bits per heavy atom.